The van der Waals surface area contributed by atoms with Crippen LogP contribution in [0.4, 0.5) is 5.69 Å². The first-order valence-corrected chi connectivity index (χ1v) is 10.8. The molecule has 7 nitrogen and oxygen atoms in total. The molecule has 0 unspecified atom stereocenters. The number of halogens is 1. The second-order valence-corrected chi connectivity index (χ2v) is 8.45. The molecule has 2 aromatic rings. The van der Waals surface area contributed by atoms with Crippen molar-refractivity contribution in [3.63, 3.8) is 0 Å². The van der Waals surface area contributed by atoms with Crippen LogP contribution in [0.2, 0.25) is 5.15 Å². The number of hydrogen-bond acceptors (Lipinski definition) is 5. The fourth-order valence-corrected chi connectivity index (χ4v) is 4.30. The molecule has 0 bridgehead atoms. The molecule has 0 spiro atoms. The van der Waals surface area contributed by atoms with E-state index in [1.165, 1.54) is 4.31 Å². The van der Waals surface area contributed by atoms with Gasteiger partial charge in [0.1, 0.15) is 0 Å². The van der Waals surface area contributed by atoms with Gasteiger partial charge in [-0.1, -0.05) is 37.6 Å². The summed E-state index contributed by atoms with van der Waals surface area (Å²) in [4.78, 5) is 16.2. The quantitative estimate of drug-likeness (QED) is 0.603. The van der Waals surface area contributed by atoms with Crippen LogP contribution in [-0.2, 0) is 14.8 Å². The highest BCUT2D eigenvalue weighted by atomic mass is 35.5. The number of hydrogen-bond donors (Lipinski definition) is 2. The zero-order chi connectivity index (χ0) is 20.7. The van der Waals surface area contributed by atoms with Crippen molar-refractivity contribution in [1.82, 2.24) is 14.6 Å². The lowest BCUT2D eigenvalue weighted by atomic mass is 10.1. The van der Waals surface area contributed by atoms with Crippen LogP contribution in [0.5, 0.6) is 0 Å². The SMILES string of the molecule is CCN(CC)S(=O)(=O)c1ccc([C@@H](C)NCC(=O)Nc2cccnc2Cl)cc1. The van der Waals surface area contributed by atoms with Crippen molar-refractivity contribution >= 4 is 33.2 Å². The molecule has 0 aliphatic rings. The molecule has 0 saturated heterocycles. The zero-order valence-electron chi connectivity index (χ0n) is 16.1. The van der Waals surface area contributed by atoms with Crippen molar-refractivity contribution in [3.8, 4) is 0 Å². The number of nitrogens with zero attached hydrogens (tertiary/aromatic N) is 2. The van der Waals surface area contributed by atoms with Gasteiger partial charge < -0.3 is 10.6 Å². The number of sulfonamides is 1. The first-order chi connectivity index (χ1) is 13.3. The van der Waals surface area contributed by atoms with Crippen LogP contribution in [0.15, 0.2) is 47.5 Å². The summed E-state index contributed by atoms with van der Waals surface area (Å²) < 4.78 is 26.5. The number of benzene rings is 1. The van der Waals surface area contributed by atoms with Crippen molar-refractivity contribution in [3.05, 3.63) is 53.3 Å². The Labute approximate surface area is 171 Å². The third kappa shape index (κ3) is 5.51. The molecule has 1 atom stereocenters. The molecule has 1 heterocycles. The van der Waals surface area contributed by atoms with E-state index >= 15 is 0 Å². The molecule has 2 rings (SSSR count). The number of carbonyl (C=O) groups excluding carboxylic acids is 1. The summed E-state index contributed by atoms with van der Waals surface area (Å²) in [5.74, 6) is -0.248. The van der Waals surface area contributed by atoms with E-state index in [9.17, 15) is 13.2 Å². The van der Waals surface area contributed by atoms with Gasteiger partial charge in [-0.2, -0.15) is 4.31 Å². The standard InChI is InChI=1S/C19H25ClN4O3S/c1-4-24(5-2)28(26,27)16-10-8-15(9-11-16)14(3)22-13-18(25)23-17-7-6-12-21-19(17)20/h6-12,14,22H,4-5,13H2,1-3H3,(H,23,25)/t14-/m1/s1. The minimum Gasteiger partial charge on any atom is -0.322 e. The van der Waals surface area contributed by atoms with E-state index in [2.05, 4.69) is 15.6 Å². The monoisotopic (exact) mass is 424 g/mol. The average Bonchev–Trinajstić information content (AvgIpc) is 2.68. The second kappa shape index (κ2) is 9.97. The van der Waals surface area contributed by atoms with Gasteiger partial charge in [0, 0.05) is 25.3 Å². The molecular formula is C19H25ClN4O3S. The molecule has 1 amide bonds. The molecular weight excluding hydrogens is 400 g/mol. The third-order valence-electron chi connectivity index (χ3n) is 4.33. The lowest BCUT2D eigenvalue weighted by Crippen LogP contribution is -2.31. The number of anilines is 1. The predicted molar refractivity (Wildman–Crippen MR) is 111 cm³/mol. The Kier molecular flexibility index (Phi) is 7.94. The largest absolute Gasteiger partial charge is 0.322 e. The normalized spacial score (nSPS) is 12.8. The number of carbonyl (C=O) groups is 1. The highest BCUT2D eigenvalue weighted by Gasteiger charge is 2.21. The van der Waals surface area contributed by atoms with Crippen LogP contribution in [0, 0.1) is 0 Å². The van der Waals surface area contributed by atoms with E-state index in [0.717, 1.165) is 5.56 Å². The van der Waals surface area contributed by atoms with E-state index in [4.69, 9.17) is 11.6 Å². The Hall–Kier alpha value is -2.00. The van der Waals surface area contributed by atoms with E-state index in [-0.39, 0.29) is 28.5 Å². The number of aromatic nitrogens is 1. The van der Waals surface area contributed by atoms with E-state index in [0.29, 0.717) is 18.8 Å². The first kappa shape index (κ1) is 22.3. The topological polar surface area (TPSA) is 91.4 Å². The summed E-state index contributed by atoms with van der Waals surface area (Å²) in [5, 5.41) is 6.03. The van der Waals surface area contributed by atoms with Gasteiger partial charge in [0.15, 0.2) is 5.15 Å². The Bertz CT molecular complexity index is 900. The molecule has 1 aromatic carbocycles. The minimum absolute atomic E-state index is 0.0753. The van der Waals surface area contributed by atoms with E-state index < -0.39 is 10.0 Å². The van der Waals surface area contributed by atoms with Gasteiger partial charge in [0.25, 0.3) is 0 Å². The minimum atomic E-state index is -3.48. The molecule has 0 radical (unpaired) electrons. The van der Waals surface area contributed by atoms with Gasteiger partial charge >= 0.3 is 0 Å². The maximum absolute atomic E-state index is 12.5. The van der Waals surface area contributed by atoms with E-state index in [1.807, 2.05) is 20.8 Å². The number of amides is 1. The molecule has 0 saturated carbocycles. The lowest BCUT2D eigenvalue weighted by molar-refractivity contribution is -0.115. The predicted octanol–water partition coefficient (Wildman–Crippen LogP) is 3.05. The third-order valence-corrected chi connectivity index (χ3v) is 6.69. The maximum atomic E-state index is 12.5. The summed E-state index contributed by atoms with van der Waals surface area (Å²) in [5.41, 5.74) is 1.33. The maximum Gasteiger partial charge on any atom is 0.243 e. The van der Waals surface area contributed by atoms with Crippen molar-refractivity contribution in [2.24, 2.45) is 0 Å². The lowest BCUT2D eigenvalue weighted by Gasteiger charge is -2.19. The van der Waals surface area contributed by atoms with Crippen LogP contribution in [0.25, 0.3) is 0 Å². The van der Waals surface area contributed by atoms with Gasteiger partial charge in [0.2, 0.25) is 15.9 Å². The molecule has 2 N–H and O–H groups in total. The van der Waals surface area contributed by atoms with Crippen LogP contribution < -0.4 is 10.6 Å². The molecule has 0 aliphatic carbocycles. The molecule has 1 aromatic heterocycles. The van der Waals surface area contributed by atoms with Gasteiger partial charge in [-0.15, -0.1) is 0 Å². The van der Waals surface area contributed by atoms with Crippen LogP contribution in [0.3, 0.4) is 0 Å². The van der Waals surface area contributed by atoms with Crippen LogP contribution >= 0.6 is 11.6 Å². The van der Waals surface area contributed by atoms with Crippen molar-refractivity contribution < 1.29 is 13.2 Å². The van der Waals surface area contributed by atoms with Crippen LogP contribution in [0.1, 0.15) is 32.4 Å². The van der Waals surface area contributed by atoms with Crippen LogP contribution in [-0.4, -0.2) is 43.2 Å². The number of pyridine rings is 1. The summed E-state index contributed by atoms with van der Waals surface area (Å²) in [7, 11) is -3.48. The zero-order valence-corrected chi connectivity index (χ0v) is 17.7. The molecule has 9 heteroatoms. The van der Waals surface area contributed by atoms with E-state index in [1.54, 1.807) is 42.6 Å². The summed E-state index contributed by atoms with van der Waals surface area (Å²) >= 11 is 5.92. The highest BCUT2D eigenvalue weighted by molar-refractivity contribution is 7.89. The smallest absolute Gasteiger partial charge is 0.243 e. The Morgan fingerprint density at radius 1 is 1.18 bits per heavy atom. The summed E-state index contributed by atoms with van der Waals surface area (Å²) in [6, 6.07) is 9.92. The Morgan fingerprint density at radius 3 is 2.39 bits per heavy atom. The van der Waals surface area contributed by atoms with Crippen molar-refractivity contribution in [1.29, 1.82) is 0 Å². The van der Waals surface area contributed by atoms with Gasteiger partial charge in [-0.3, -0.25) is 4.79 Å². The van der Waals surface area contributed by atoms with Gasteiger partial charge in [-0.05, 0) is 36.8 Å². The number of rotatable bonds is 9. The molecule has 28 heavy (non-hydrogen) atoms. The fourth-order valence-electron chi connectivity index (χ4n) is 2.68. The molecule has 152 valence electrons. The van der Waals surface area contributed by atoms with Gasteiger partial charge in [0.05, 0.1) is 17.1 Å². The average molecular weight is 425 g/mol. The molecule has 0 fully saturated rings. The summed E-state index contributed by atoms with van der Waals surface area (Å²) in [6.45, 7) is 6.45. The molecule has 0 aliphatic heterocycles. The highest BCUT2D eigenvalue weighted by Crippen LogP contribution is 2.20. The number of nitrogens with one attached hydrogen (secondary N) is 2. The van der Waals surface area contributed by atoms with Crippen molar-refractivity contribution in [2.45, 2.75) is 31.7 Å². The first-order valence-electron chi connectivity index (χ1n) is 9.03. The second-order valence-electron chi connectivity index (χ2n) is 6.15. The van der Waals surface area contributed by atoms with Crippen molar-refractivity contribution in [2.75, 3.05) is 25.0 Å². The fraction of sp³-hybridized carbons (Fsp3) is 0.368. The van der Waals surface area contributed by atoms with Gasteiger partial charge in [-0.25, -0.2) is 13.4 Å². The summed E-state index contributed by atoms with van der Waals surface area (Å²) in [6.07, 6.45) is 1.54. The Morgan fingerprint density at radius 2 is 1.82 bits per heavy atom. The Balaban J connectivity index is 1.97.